The van der Waals surface area contributed by atoms with Crippen molar-refractivity contribution in [3.63, 3.8) is 0 Å². The molecule has 0 saturated carbocycles. The lowest BCUT2D eigenvalue weighted by atomic mass is 9.95. The number of methoxy groups -OCH3 is 3. The van der Waals surface area contributed by atoms with Gasteiger partial charge in [-0.3, -0.25) is 0 Å². The minimum atomic E-state index is -0.152. The van der Waals surface area contributed by atoms with Gasteiger partial charge < -0.3 is 19.9 Å². The third kappa shape index (κ3) is 4.73. The number of nitrogens with two attached hydrogens (primary N) is 1. The molecule has 0 aliphatic heterocycles. The van der Waals surface area contributed by atoms with Crippen molar-refractivity contribution in [1.82, 2.24) is 0 Å². The van der Waals surface area contributed by atoms with E-state index >= 15 is 0 Å². The van der Waals surface area contributed by atoms with E-state index in [0.29, 0.717) is 0 Å². The van der Waals surface area contributed by atoms with Crippen molar-refractivity contribution >= 4 is 0 Å². The van der Waals surface area contributed by atoms with Crippen LogP contribution in [0.3, 0.4) is 0 Å². The summed E-state index contributed by atoms with van der Waals surface area (Å²) in [4.78, 5) is 0. The number of hydrogen-bond acceptors (Lipinski definition) is 4. The van der Waals surface area contributed by atoms with E-state index in [4.69, 9.17) is 19.9 Å². The highest BCUT2D eigenvalue weighted by Crippen LogP contribution is 2.29. The Labute approximate surface area is 115 Å². The number of hydrogen-bond donors (Lipinski definition) is 1. The number of ether oxygens (including phenoxy) is 3. The van der Waals surface area contributed by atoms with Gasteiger partial charge in [-0.05, 0) is 44.4 Å². The van der Waals surface area contributed by atoms with E-state index in [1.807, 2.05) is 18.2 Å². The molecule has 0 fully saturated rings. The number of benzene rings is 1. The molecule has 19 heavy (non-hydrogen) atoms. The molecule has 0 saturated heterocycles. The van der Waals surface area contributed by atoms with E-state index in [0.717, 1.165) is 29.9 Å². The highest BCUT2D eigenvalue weighted by atomic mass is 16.5. The summed E-state index contributed by atoms with van der Waals surface area (Å²) in [7, 11) is 5.00. The fourth-order valence-electron chi connectivity index (χ4n) is 1.82. The third-order valence-electron chi connectivity index (χ3n) is 3.41. The lowest BCUT2D eigenvalue weighted by Gasteiger charge is -2.24. The average Bonchev–Trinajstić information content (AvgIpc) is 2.44. The molecule has 1 aromatic rings. The van der Waals surface area contributed by atoms with Gasteiger partial charge in [-0.2, -0.15) is 0 Å². The van der Waals surface area contributed by atoms with Gasteiger partial charge in [0.15, 0.2) is 0 Å². The average molecular weight is 267 g/mol. The molecule has 0 aliphatic rings. The predicted octanol–water partition coefficient (Wildman–Crippen LogP) is 2.91. The normalized spacial score (nSPS) is 13.2. The van der Waals surface area contributed by atoms with Crippen LogP contribution in [-0.4, -0.2) is 26.9 Å². The molecule has 0 aromatic heterocycles. The van der Waals surface area contributed by atoms with E-state index in [1.54, 1.807) is 21.3 Å². The fourth-order valence-corrected chi connectivity index (χ4v) is 1.82. The van der Waals surface area contributed by atoms with E-state index in [9.17, 15) is 0 Å². The minimum Gasteiger partial charge on any atom is -0.497 e. The number of rotatable bonds is 7. The molecule has 0 bridgehead atoms. The highest BCUT2D eigenvalue weighted by molar-refractivity contribution is 5.39. The molecule has 0 spiro atoms. The van der Waals surface area contributed by atoms with E-state index in [2.05, 4.69) is 13.8 Å². The van der Waals surface area contributed by atoms with E-state index in [1.165, 1.54) is 0 Å². The van der Waals surface area contributed by atoms with Gasteiger partial charge in [-0.15, -0.1) is 0 Å². The summed E-state index contributed by atoms with van der Waals surface area (Å²) >= 11 is 0. The molecule has 1 aromatic carbocycles. The van der Waals surface area contributed by atoms with Gasteiger partial charge in [0.05, 0.1) is 19.8 Å². The fraction of sp³-hybridized carbons (Fsp3) is 0.600. The Bertz CT molecular complexity index is 382. The van der Waals surface area contributed by atoms with Crippen molar-refractivity contribution in [3.8, 4) is 11.5 Å². The molecule has 0 amide bonds. The van der Waals surface area contributed by atoms with Crippen LogP contribution in [0.15, 0.2) is 18.2 Å². The van der Waals surface area contributed by atoms with Crippen LogP contribution in [0.4, 0.5) is 0 Å². The maximum Gasteiger partial charge on any atom is 0.122 e. The molecule has 1 unspecified atom stereocenters. The second-order valence-electron chi connectivity index (χ2n) is 5.25. The second kappa shape index (κ2) is 6.78. The Morgan fingerprint density at radius 3 is 2.00 bits per heavy atom. The Morgan fingerprint density at radius 2 is 1.58 bits per heavy atom. The van der Waals surface area contributed by atoms with Crippen LogP contribution in [0.2, 0.25) is 0 Å². The summed E-state index contributed by atoms with van der Waals surface area (Å²) < 4.78 is 15.9. The maximum absolute atomic E-state index is 6.24. The summed E-state index contributed by atoms with van der Waals surface area (Å²) in [6.45, 7) is 4.12. The summed E-state index contributed by atoms with van der Waals surface area (Å²) in [5.41, 5.74) is 7.10. The standard InChI is InChI=1S/C15H25NO3/c1-15(2,19-5)7-6-14(16)11-8-12(17-3)10-13(9-11)18-4/h8-10,14H,6-7,16H2,1-5H3. The lowest BCUT2D eigenvalue weighted by Crippen LogP contribution is -2.24. The predicted molar refractivity (Wildman–Crippen MR) is 76.8 cm³/mol. The summed E-state index contributed by atoms with van der Waals surface area (Å²) in [5, 5.41) is 0. The Morgan fingerprint density at radius 1 is 1.05 bits per heavy atom. The van der Waals surface area contributed by atoms with Crippen LogP contribution in [0.5, 0.6) is 11.5 Å². The molecule has 2 N–H and O–H groups in total. The summed E-state index contributed by atoms with van der Waals surface area (Å²) in [5.74, 6) is 1.52. The molecular weight excluding hydrogens is 242 g/mol. The second-order valence-corrected chi connectivity index (χ2v) is 5.25. The zero-order valence-electron chi connectivity index (χ0n) is 12.5. The van der Waals surface area contributed by atoms with Gasteiger partial charge in [0.25, 0.3) is 0 Å². The van der Waals surface area contributed by atoms with Crippen molar-refractivity contribution in [1.29, 1.82) is 0 Å². The Balaban J connectivity index is 2.78. The van der Waals surface area contributed by atoms with Gasteiger partial charge in [-0.25, -0.2) is 0 Å². The van der Waals surface area contributed by atoms with Gasteiger partial charge >= 0.3 is 0 Å². The molecule has 0 radical (unpaired) electrons. The molecule has 0 heterocycles. The first-order valence-electron chi connectivity index (χ1n) is 6.45. The maximum atomic E-state index is 6.24. The summed E-state index contributed by atoms with van der Waals surface area (Å²) in [6, 6.07) is 5.69. The Hall–Kier alpha value is -1.26. The Kier molecular flexibility index (Phi) is 5.63. The first kappa shape index (κ1) is 15.8. The van der Waals surface area contributed by atoms with Crippen molar-refractivity contribution in [2.75, 3.05) is 21.3 Å². The van der Waals surface area contributed by atoms with E-state index in [-0.39, 0.29) is 11.6 Å². The van der Waals surface area contributed by atoms with Crippen molar-refractivity contribution in [2.24, 2.45) is 5.73 Å². The molecule has 4 nitrogen and oxygen atoms in total. The largest absolute Gasteiger partial charge is 0.497 e. The zero-order chi connectivity index (χ0) is 14.5. The molecule has 108 valence electrons. The van der Waals surface area contributed by atoms with Crippen molar-refractivity contribution in [3.05, 3.63) is 23.8 Å². The van der Waals surface area contributed by atoms with Gasteiger partial charge in [0.2, 0.25) is 0 Å². The summed E-state index contributed by atoms with van der Waals surface area (Å²) in [6.07, 6.45) is 1.74. The van der Waals surface area contributed by atoms with Gasteiger partial charge in [-0.1, -0.05) is 0 Å². The van der Waals surface area contributed by atoms with Gasteiger partial charge in [0.1, 0.15) is 11.5 Å². The van der Waals surface area contributed by atoms with Gasteiger partial charge in [0, 0.05) is 19.2 Å². The van der Waals surface area contributed by atoms with Crippen LogP contribution in [0.1, 0.15) is 38.3 Å². The van der Waals surface area contributed by atoms with Crippen molar-refractivity contribution < 1.29 is 14.2 Å². The minimum absolute atomic E-state index is 0.0570. The van der Waals surface area contributed by atoms with Crippen molar-refractivity contribution in [2.45, 2.75) is 38.3 Å². The first-order chi connectivity index (χ1) is 8.91. The zero-order valence-corrected chi connectivity index (χ0v) is 12.5. The molecule has 0 aliphatic carbocycles. The van der Waals surface area contributed by atoms with E-state index < -0.39 is 0 Å². The first-order valence-corrected chi connectivity index (χ1v) is 6.45. The van der Waals surface area contributed by atoms with Crippen LogP contribution in [0.25, 0.3) is 0 Å². The molecule has 1 rings (SSSR count). The smallest absolute Gasteiger partial charge is 0.122 e. The van der Waals surface area contributed by atoms with Crippen LogP contribution in [0, 0.1) is 0 Å². The van der Waals surface area contributed by atoms with Crippen LogP contribution >= 0.6 is 0 Å². The molecule has 1 atom stereocenters. The van der Waals surface area contributed by atoms with Crippen LogP contribution in [-0.2, 0) is 4.74 Å². The molecular formula is C15H25NO3. The third-order valence-corrected chi connectivity index (χ3v) is 3.41. The quantitative estimate of drug-likeness (QED) is 0.825. The SMILES string of the molecule is COc1cc(OC)cc(C(N)CCC(C)(C)OC)c1. The molecule has 4 heteroatoms. The van der Waals surface area contributed by atoms with Crippen LogP contribution < -0.4 is 15.2 Å². The lowest BCUT2D eigenvalue weighted by molar-refractivity contribution is 0.0125. The highest BCUT2D eigenvalue weighted by Gasteiger charge is 2.19. The monoisotopic (exact) mass is 267 g/mol. The topological polar surface area (TPSA) is 53.7 Å².